The molecule has 26 heavy (non-hydrogen) atoms. The molecule has 2 aromatic carbocycles. The second-order valence-electron chi connectivity index (χ2n) is 6.90. The average molecular weight is 377 g/mol. The molecule has 5 heteroatoms. The number of nitrogens with one attached hydrogen (secondary N) is 1. The van der Waals surface area contributed by atoms with Gasteiger partial charge in [-0.3, -0.25) is 4.79 Å². The molecular weight excluding hydrogens is 351 g/mol. The third-order valence-electron chi connectivity index (χ3n) is 5.20. The molecule has 2 aromatic rings. The maximum Gasteiger partial charge on any atom is 0.230 e. The van der Waals surface area contributed by atoms with Crippen LogP contribution < -0.4 is 11.1 Å². The fourth-order valence-electron chi connectivity index (χ4n) is 3.76. The molecule has 0 atom stereocenters. The molecule has 1 aliphatic rings. The molecule has 1 saturated carbocycles. The normalized spacial score (nSPS) is 15.7. The molecule has 0 bridgehead atoms. The van der Waals surface area contributed by atoms with Gasteiger partial charge in [0.1, 0.15) is 5.82 Å². The highest BCUT2D eigenvalue weighted by molar-refractivity contribution is 5.88. The Morgan fingerprint density at radius 1 is 1.08 bits per heavy atom. The molecule has 1 amide bonds. The van der Waals surface area contributed by atoms with E-state index in [-0.39, 0.29) is 24.1 Å². The predicted octanol–water partition coefficient (Wildman–Crippen LogP) is 4.39. The van der Waals surface area contributed by atoms with Crippen molar-refractivity contribution < 1.29 is 9.18 Å². The lowest BCUT2D eigenvalue weighted by molar-refractivity contribution is -0.128. The summed E-state index contributed by atoms with van der Waals surface area (Å²) >= 11 is 0. The number of rotatable bonds is 5. The van der Waals surface area contributed by atoms with Crippen LogP contribution in [0.25, 0.3) is 0 Å². The van der Waals surface area contributed by atoms with Crippen LogP contribution in [0.15, 0.2) is 48.5 Å². The van der Waals surface area contributed by atoms with Crippen LogP contribution in [0.3, 0.4) is 0 Å². The van der Waals surface area contributed by atoms with Gasteiger partial charge in [0.05, 0.1) is 5.41 Å². The van der Waals surface area contributed by atoms with E-state index >= 15 is 0 Å². The molecule has 140 valence electrons. The second-order valence-corrected chi connectivity index (χ2v) is 6.90. The van der Waals surface area contributed by atoms with Gasteiger partial charge in [0.2, 0.25) is 5.91 Å². The van der Waals surface area contributed by atoms with Gasteiger partial charge in [0.25, 0.3) is 0 Å². The molecule has 1 aliphatic carbocycles. The van der Waals surface area contributed by atoms with Crippen LogP contribution in [0, 0.1) is 5.82 Å². The zero-order chi connectivity index (χ0) is 17.7. The monoisotopic (exact) mass is 376 g/mol. The highest BCUT2D eigenvalue weighted by atomic mass is 35.5. The highest BCUT2D eigenvalue weighted by Crippen LogP contribution is 2.40. The topological polar surface area (TPSA) is 55.1 Å². The number of carbonyl (C=O) groups excluding carboxylic acids is 1. The molecule has 0 spiro atoms. The first kappa shape index (κ1) is 20.2. The number of hydrogen-bond donors (Lipinski definition) is 2. The van der Waals surface area contributed by atoms with Crippen molar-refractivity contribution in [2.24, 2.45) is 0 Å². The van der Waals surface area contributed by atoms with Crippen LogP contribution in [-0.2, 0) is 16.6 Å². The minimum atomic E-state index is -0.596. The summed E-state index contributed by atoms with van der Waals surface area (Å²) in [5, 5.41) is 3.08. The molecule has 0 unspecified atom stereocenters. The van der Waals surface area contributed by atoms with Gasteiger partial charge in [-0.25, -0.2) is 4.39 Å². The molecule has 0 heterocycles. The van der Waals surface area contributed by atoms with Crippen molar-refractivity contribution >= 4 is 24.0 Å². The molecule has 0 radical (unpaired) electrons. The fraction of sp³-hybridized carbons (Fsp3) is 0.381. The van der Waals surface area contributed by atoms with Gasteiger partial charge in [0.15, 0.2) is 0 Å². The van der Waals surface area contributed by atoms with Crippen molar-refractivity contribution in [3.63, 3.8) is 0 Å². The van der Waals surface area contributed by atoms with Crippen molar-refractivity contribution in [3.8, 4) is 0 Å². The Balaban J connectivity index is 0.00000243. The number of anilines is 1. The van der Waals surface area contributed by atoms with Crippen LogP contribution in [0.1, 0.15) is 43.2 Å². The Morgan fingerprint density at radius 2 is 1.77 bits per heavy atom. The third-order valence-corrected chi connectivity index (χ3v) is 5.20. The van der Waals surface area contributed by atoms with Crippen molar-refractivity contribution in [2.75, 3.05) is 12.3 Å². The summed E-state index contributed by atoms with van der Waals surface area (Å²) in [4.78, 5) is 13.0. The quantitative estimate of drug-likeness (QED) is 0.760. The van der Waals surface area contributed by atoms with Crippen LogP contribution in [0.4, 0.5) is 10.1 Å². The lowest BCUT2D eigenvalue weighted by atomic mass is 9.68. The first-order chi connectivity index (χ1) is 12.1. The number of carbonyl (C=O) groups is 1. The summed E-state index contributed by atoms with van der Waals surface area (Å²) in [6, 6.07) is 14.2. The van der Waals surface area contributed by atoms with Gasteiger partial charge in [-0.05, 0) is 54.7 Å². The minimum absolute atomic E-state index is 0. The SMILES string of the molecule is Cl.Nc1ccc(CCNC(=O)C2(c3cccc(F)c3)CCCCC2)cc1. The summed E-state index contributed by atoms with van der Waals surface area (Å²) in [6.07, 6.45) is 5.46. The first-order valence-corrected chi connectivity index (χ1v) is 8.99. The smallest absolute Gasteiger partial charge is 0.230 e. The summed E-state index contributed by atoms with van der Waals surface area (Å²) in [5.74, 6) is -0.259. The zero-order valence-corrected chi connectivity index (χ0v) is 15.7. The van der Waals surface area contributed by atoms with Crippen molar-refractivity contribution in [3.05, 3.63) is 65.5 Å². The van der Waals surface area contributed by atoms with Crippen molar-refractivity contribution in [1.29, 1.82) is 0 Å². The van der Waals surface area contributed by atoms with Gasteiger partial charge >= 0.3 is 0 Å². The number of nitrogens with two attached hydrogens (primary N) is 1. The lowest BCUT2D eigenvalue weighted by Gasteiger charge is -2.36. The van der Waals surface area contributed by atoms with E-state index in [1.165, 1.54) is 12.1 Å². The van der Waals surface area contributed by atoms with Crippen molar-refractivity contribution in [2.45, 2.75) is 43.9 Å². The predicted molar refractivity (Wildman–Crippen MR) is 106 cm³/mol. The van der Waals surface area contributed by atoms with E-state index in [1.54, 1.807) is 6.07 Å². The number of benzene rings is 2. The first-order valence-electron chi connectivity index (χ1n) is 8.99. The number of hydrogen-bond acceptors (Lipinski definition) is 2. The van der Waals surface area contributed by atoms with E-state index in [4.69, 9.17) is 5.73 Å². The van der Waals surface area contributed by atoms with Crippen LogP contribution in [-0.4, -0.2) is 12.5 Å². The molecule has 3 N–H and O–H groups in total. The maximum atomic E-state index is 13.7. The van der Waals surface area contributed by atoms with Gasteiger partial charge < -0.3 is 11.1 Å². The zero-order valence-electron chi connectivity index (χ0n) is 14.8. The standard InChI is InChI=1S/C21H25FN2O.ClH/c22-18-6-4-5-17(15-18)21(12-2-1-3-13-21)20(25)24-14-11-16-7-9-19(23)10-8-16;/h4-10,15H,1-3,11-14,23H2,(H,24,25);1H. The Morgan fingerprint density at radius 3 is 2.42 bits per heavy atom. The minimum Gasteiger partial charge on any atom is -0.399 e. The van der Waals surface area contributed by atoms with E-state index in [0.717, 1.165) is 55.3 Å². The molecule has 3 rings (SSSR count). The molecule has 3 nitrogen and oxygen atoms in total. The van der Waals surface area contributed by atoms with Crippen LogP contribution >= 0.6 is 12.4 Å². The molecule has 0 aliphatic heterocycles. The molecular formula is C21H26ClFN2O. The van der Waals surface area contributed by atoms with Gasteiger partial charge in [-0.2, -0.15) is 0 Å². The fourth-order valence-corrected chi connectivity index (χ4v) is 3.76. The third kappa shape index (κ3) is 4.55. The summed E-state index contributed by atoms with van der Waals surface area (Å²) < 4.78 is 13.7. The van der Waals surface area contributed by atoms with E-state index in [0.29, 0.717) is 6.54 Å². The molecule has 1 fully saturated rings. The lowest BCUT2D eigenvalue weighted by Crippen LogP contribution is -2.46. The van der Waals surface area contributed by atoms with Crippen LogP contribution in [0.5, 0.6) is 0 Å². The van der Waals surface area contributed by atoms with Gasteiger partial charge in [-0.1, -0.05) is 43.5 Å². The van der Waals surface area contributed by atoms with E-state index in [9.17, 15) is 9.18 Å². The number of nitrogen functional groups attached to an aromatic ring is 1. The molecule has 0 aromatic heterocycles. The number of amides is 1. The van der Waals surface area contributed by atoms with E-state index in [1.807, 2.05) is 30.3 Å². The highest BCUT2D eigenvalue weighted by Gasteiger charge is 2.41. The summed E-state index contributed by atoms with van der Waals surface area (Å²) in [5.41, 5.74) is 7.77. The van der Waals surface area contributed by atoms with Gasteiger partial charge in [0, 0.05) is 12.2 Å². The van der Waals surface area contributed by atoms with Crippen molar-refractivity contribution in [1.82, 2.24) is 5.32 Å². The van der Waals surface area contributed by atoms with Crippen LogP contribution in [0.2, 0.25) is 0 Å². The largest absolute Gasteiger partial charge is 0.399 e. The Hall–Kier alpha value is -2.07. The Labute approximate surface area is 160 Å². The van der Waals surface area contributed by atoms with Gasteiger partial charge in [-0.15, -0.1) is 12.4 Å². The maximum absolute atomic E-state index is 13.7. The molecule has 0 saturated heterocycles. The summed E-state index contributed by atoms with van der Waals surface area (Å²) in [7, 11) is 0. The average Bonchev–Trinajstić information content (AvgIpc) is 2.64. The second kappa shape index (κ2) is 9.04. The Kier molecular flexibility index (Phi) is 7.04. The Bertz CT molecular complexity index is 727. The number of halogens is 2. The summed E-state index contributed by atoms with van der Waals surface area (Å²) in [6.45, 7) is 0.569. The van der Waals surface area contributed by atoms with E-state index in [2.05, 4.69) is 5.32 Å². The van der Waals surface area contributed by atoms with E-state index < -0.39 is 5.41 Å².